The molecule has 1 atom stereocenters. The van der Waals surface area contributed by atoms with Crippen molar-refractivity contribution in [1.29, 1.82) is 0 Å². The normalized spacial score (nSPS) is 17.5. The fourth-order valence-corrected chi connectivity index (χ4v) is 4.20. The number of benzene rings is 1. The highest BCUT2D eigenvalue weighted by Crippen LogP contribution is 2.25. The molecule has 1 N–H and O–H groups in total. The maximum Gasteiger partial charge on any atom is 0.325 e. The number of hydrogen-bond donors (Lipinski definition) is 1. The number of aliphatic carboxylic acids is 1. The van der Waals surface area contributed by atoms with E-state index in [9.17, 15) is 9.90 Å². The first-order valence-electron chi connectivity index (χ1n) is 8.31. The molecule has 1 aromatic carbocycles. The molecule has 5 nitrogen and oxygen atoms in total. The van der Waals surface area contributed by atoms with Crippen molar-refractivity contribution in [3.05, 3.63) is 45.9 Å². The lowest BCUT2D eigenvalue weighted by molar-refractivity contribution is -0.144. The second-order valence-corrected chi connectivity index (χ2v) is 8.13. The number of hydrogen-bond acceptors (Lipinski definition) is 6. The summed E-state index contributed by atoms with van der Waals surface area (Å²) in [4.78, 5) is 21.9. The number of nitrogens with zero attached hydrogens (tertiary/aromatic N) is 3. The monoisotopic (exact) mass is 377 g/mol. The molecular formula is C18H23N3O2S2. The maximum absolute atomic E-state index is 11.9. The molecule has 3 rings (SSSR count). The zero-order valence-electron chi connectivity index (χ0n) is 14.5. The van der Waals surface area contributed by atoms with E-state index in [0.717, 1.165) is 53.9 Å². The Labute approximate surface area is 156 Å². The van der Waals surface area contributed by atoms with E-state index in [4.69, 9.17) is 0 Å². The van der Waals surface area contributed by atoms with Gasteiger partial charge in [0.25, 0.3) is 0 Å². The quantitative estimate of drug-likeness (QED) is 0.781. The number of aryl methyl sites for hydroxylation is 1. The van der Waals surface area contributed by atoms with Gasteiger partial charge in [-0.1, -0.05) is 12.1 Å². The molecule has 0 aliphatic carbocycles. The molecule has 0 bridgehead atoms. The number of carbonyl (C=O) groups is 1. The highest BCUT2D eigenvalue weighted by atomic mass is 32.2. The van der Waals surface area contributed by atoms with Gasteiger partial charge < -0.3 is 5.11 Å². The zero-order valence-corrected chi connectivity index (χ0v) is 16.1. The third-order valence-electron chi connectivity index (χ3n) is 4.49. The number of piperazine rings is 1. The first-order chi connectivity index (χ1) is 12.1. The molecule has 0 spiro atoms. The summed E-state index contributed by atoms with van der Waals surface area (Å²) in [6.07, 6.45) is 2.02. The summed E-state index contributed by atoms with van der Waals surface area (Å²) < 4.78 is 0. The predicted octanol–water partition coefficient (Wildman–Crippen LogP) is 3.12. The Kier molecular flexibility index (Phi) is 6.11. The van der Waals surface area contributed by atoms with Gasteiger partial charge in [-0.2, -0.15) is 0 Å². The molecule has 0 unspecified atom stereocenters. The highest BCUT2D eigenvalue weighted by molar-refractivity contribution is 7.98. The number of carboxylic acids is 1. The average molecular weight is 378 g/mol. The van der Waals surface area contributed by atoms with E-state index in [1.807, 2.05) is 37.4 Å². The van der Waals surface area contributed by atoms with E-state index in [-0.39, 0.29) is 0 Å². The Morgan fingerprint density at radius 3 is 2.48 bits per heavy atom. The number of aromatic nitrogens is 1. The predicted molar refractivity (Wildman–Crippen MR) is 102 cm³/mol. The number of rotatable bonds is 6. The molecule has 1 aliphatic rings. The average Bonchev–Trinajstić information content (AvgIpc) is 3.02. The molecule has 1 aromatic heterocycles. The van der Waals surface area contributed by atoms with E-state index in [1.165, 1.54) is 0 Å². The topological polar surface area (TPSA) is 56.7 Å². The van der Waals surface area contributed by atoms with Crippen molar-refractivity contribution in [2.75, 3.05) is 32.4 Å². The Bertz CT molecular complexity index is 709. The van der Waals surface area contributed by atoms with E-state index in [1.54, 1.807) is 23.1 Å². The van der Waals surface area contributed by atoms with Crippen LogP contribution >= 0.6 is 23.1 Å². The van der Waals surface area contributed by atoms with Gasteiger partial charge in [-0.25, -0.2) is 4.98 Å². The van der Waals surface area contributed by atoms with Crippen LogP contribution in [0, 0.1) is 6.92 Å². The summed E-state index contributed by atoms with van der Waals surface area (Å²) in [6.45, 7) is 6.10. The third kappa shape index (κ3) is 4.61. The Hall–Kier alpha value is -1.41. The van der Waals surface area contributed by atoms with Gasteiger partial charge in [0.2, 0.25) is 0 Å². The summed E-state index contributed by atoms with van der Waals surface area (Å²) in [5, 5.41) is 12.9. The molecule has 0 radical (unpaired) electrons. The summed E-state index contributed by atoms with van der Waals surface area (Å²) in [7, 11) is 0. The summed E-state index contributed by atoms with van der Waals surface area (Å²) in [5.74, 6) is -0.777. The minimum atomic E-state index is -0.777. The molecule has 0 saturated carbocycles. The van der Waals surface area contributed by atoms with Crippen molar-refractivity contribution in [3.8, 4) is 0 Å². The van der Waals surface area contributed by atoms with Crippen LogP contribution in [0.25, 0.3) is 0 Å². The second-order valence-electron chi connectivity index (χ2n) is 6.18. The summed E-state index contributed by atoms with van der Waals surface area (Å²) in [6, 6.07) is 7.30. The molecule has 2 aromatic rings. The Morgan fingerprint density at radius 2 is 1.96 bits per heavy atom. The molecule has 0 amide bonds. The molecular weight excluding hydrogens is 354 g/mol. The van der Waals surface area contributed by atoms with Crippen LogP contribution in [-0.2, 0) is 11.3 Å². The van der Waals surface area contributed by atoms with Gasteiger partial charge in [0, 0.05) is 43.0 Å². The van der Waals surface area contributed by atoms with Crippen LogP contribution in [-0.4, -0.2) is 58.3 Å². The third-order valence-corrected chi connectivity index (χ3v) is 6.06. The van der Waals surface area contributed by atoms with E-state index >= 15 is 0 Å². The van der Waals surface area contributed by atoms with E-state index in [2.05, 4.69) is 20.2 Å². The molecule has 25 heavy (non-hydrogen) atoms. The van der Waals surface area contributed by atoms with Gasteiger partial charge in [-0.05, 0) is 30.9 Å². The second kappa shape index (κ2) is 8.31. The van der Waals surface area contributed by atoms with Gasteiger partial charge in [-0.15, -0.1) is 23.1 Å². The smallest absolute Gasteiger partial charge is 0.325 e. The molecule has 134 valence electrons. The van der Waals surface area contributed by atoms with Crippen LogP contribution in [0.3, 0.4) is 0 Å². The lowest BCUT2D eigenvalue weighted by Crippen LogP contribution is -2.48. The number of carboxylic acid groups (broad SMARTS) is 1. The van der Waals surface area contributed by atoms with Crippen LogP contribution in [0.5, 0.6) is 0 Å². The van der Waals surface area contributed by atoms with Gasteiger partial charge in [0.15, 0.2) is 0 Å². The Balaban J connectivity index is 1.63. The van der Waals surface area contributed by atoms with Gasteiger partial charge in [0.05, 0.1) is 10.7 Å². The minimum absolute atomic E-state index is 0.570. The maximum atomic E-state index is 11.9. The molecule has 1 saturated heterocycles. The van der Waals surface area contributed by atoms with Gasteiger partial charge in [0.1, 0.15) is 6.04 Å². The first kappa shape index (κ1) is 18.4. The minimum Gasteiger partial charge on any atom is -0.480 e. The van der Waals surface area contributed by atoms with Crippen LogP contribution in [0.2, 0.25) is 0 Å². The first-order valence-corrected chi connectivity index (χ1v) is 10.4. The molecule has 2 heterocycles. The van der Waals surface area contributed by atoms with E-state index in [0.29, 0.717) is 0 Å². The summed E-state index contributed by atoms with van der Waals surface area (Å²) >= 11 is 3.34. The number of thiazole rings is 1. The fourth-order valence-electron chi connectivity index (χ4n) is 3.19. The van der Waals surface area contributed by atoms with Crippen LogP contribution in [0.4, 0.5) is 0 Å². The molecule has 1 aliphatic heterocycles. The number of thioether (sulfide) groups is 1. The van der Waals surface area contributed by atoms with E-state index < -0.39 is 12.0 Å². The molecule has 1 fully saturated rings. The SMILES string of the molecule is CSc1ccc([C@H](C(=O)O)N2CCN(Cc3csc(C)n3)CC2)cc1. The lowest BCUT2D eigenvalue weighted by Gasteiger charge is -2.37. The van der Waals surface area contributed by atoms with Crippen molar-refractivity contribution >= 4 is 29.1 Å². The van der Waals surface area contributed by atoms with Crippen molar-refractivity contribution in [2.24, 2.45) is 0 Å². The van der Waals surface area contributed by atoms with Crippen molar-refractivity contribution in [3.63, 3.8) is 0 Å². The van der Waals surface area contributed by atoms with Gasteiger partial charge in [-0.3, -0.25) is 14.6 Å². The highest BCUT2D eigenvalue weighted by Gasteiger charge is 2.30. The van der Waals surface area contributed by atoms with Crippen LogP contribution < -0.4 is 0 Å². The Morgan fingerprint density at radius 1 is 1.28 bits per heavy atom. The van der Waals surface area contributed by atoms with Crippen molar-refractivity contribution in [1.82, 2.24) is 14.8 Å². The van der Waals surface area contributed by atoms with Crippen molar-refractivity contribution < 1.29 is 9.90 Å². The summed E-state index contributed by atoms with van der Waals surface area (Å²) in [5.41, 5.74) is 1.97. The van der Waals surface area contributed by atoms with Crippen LogP contribution in [0.15, 0.2) is 34.5 Å². The zero-order chi connectivity index (χ0) is 17.8. The largest absolute Gasteiger partial charge is 0.480 e. The standard InChI is InChI=1S/C18H23N3O2S2/c1-13-19-15(12-25-13)11-20-7-9-21(10-8-20)17(18(22)23)14-3-5-16(24-2)6-4-14/h3-6,12,17H,7-11H2,1-2H3,(H,22,23)/t17-/m1/s1. The van der Waals surface area contributed by atoms with Crippen LogP contribution in [0.1, 0.15) is 22.3 Å². The van der Waals surface area contributed by atoms with Crippen molar-refractivity contribution in [2.45, 2.75) is 24.4 Å². The lowest BCUT2D eigenvalue weighted by atomic mass is 10.0. The van der Waals surface area contributed by atoms with Gasteiger partial charge >= 0.3 is 5.97 Å². The fraction of sp³-hybridized carbons (Fsp3) is 0.444. The molecule has 7 heteroatoms.